The highest BCUT2D eigenvalue weighted by Crippen LogP contribution is 2.14. The fourth-order valence-electron chi connectivity index (χ4n) is 1.40. The molecule has 0 rings (SSSR count). The van der Waals surface area contributed by atoms with Crippen molar-refractivity contribution in [3.05, 3.63) is 35.4 Å². The molecule has 0 fully saturated rings. The number of nitrogens with zero attached hydrogens (tertiary/aromatic N) is 1. The minimum absolute atomic E-state index is 0.468. The molecular formula is C16H29N3. The number of unbranched alkanes of at least 4 members (excludes halogenated alkanes) is 1. The number of hydrogen-bond acceptors (Lipinski definition) is 3. The zero-order valence-corrected chi connectivity index (χ0v) is 13.1. The van der Waals surface area contributed by atoms with E-state index in [4.69, 9.17) is 5.73 Å². The van der Waals surface area contributed by atoms with Crippen LogP contribution in [0.3, 0.4) is 0 Å². The smallest absolute Gasteiger partial charge is 0.0964 e. The van der Waals surface area contributed by atoms with Gasteiger partial charge in [-0.05, 0) is 44.3 Å². The van der Waals surface area contributed by atoms with Crippen LogP contribution in [0.4, 0.5) is 0 Å². The predicted octanol–water partition coefficient (Wildman–Crippen LogP) is 4.10. The summed E-state index contributed by atoms with van der Waals surface area (Å²) in [7, 11) is 0. The summed E-state index contributed by atoms with van der Waals surface area (Å²) in [6.45, 7) is 14.5. The molecule has 0 bridgehead atoms. The highest BCUT2D eigenvalue weighted by atomic mass is 15.0. The molecule has 0 spiro atoms. The summed E-state index contributed by atoms with van der Waals surface area (Å²) in [4.78, 5) is 4.54. The molecular weight excluding hydrogens is 234 g/mol. The largest absolute Gasteiger partial charge is 0.386 e. The Kier molecular flexibility index (Phi) is 8.68. The lowest BCUT2D eigenvalue weighted by Crippen LogP contribution is -2.20. The third kappa shape index (κ3) is 7.50. The summed E-state index contributed by atoms with van der Waals surface area (Å²) < 4.78 is 0. The number of nitrogens with one attached hydrogen (secondary N) is 1. The van der Waals surface area contributed by atoms with Crippen molar-refractivity contribution < 1.29 is 0 Å². The van der Waals surface area contributed by atoms with Crippen LogP contribution in [-0.4, -0.2) is 6.21 Å². The minimum atomic E-state index is 0.468. The van der Waals surface area contributed by atoms with E-state index in [0.29, 0.717) is 11.7 Å². The average molecular weight is 263 g/mol. The van der Waals surface area contributed by atoms with E-state index in [1.807, 2.05) is 26.1 Å². The van der Waals surface area contributed by atoms with E-state index < -0.39 is 0 Å². The van der Waals surface area contributed by atoms with Gasteiger partial charge in [0.1, 0.15) is 0 Å². The molecule has 3 N–H and O–H groups in total. The Morgan fingerprint density at radius 3 is 2.47 bits per heavy atom. The van der Waals surface area contributed by atoms with Crippen LogP contribution in [0.5, 0.6) is 0 Å². The number of allylic oxidation sites excluding steroid dienone is 2. The maximum absolute atomic E-state index is 5.90. The lowest BCUT2D eigenvalue weighted by molar-refractivity contribution is 0.753. The maximum Gasteiger partial charge on any atom is 0.0964 e. The summed E-state index contributed by atoms with van der Waals surface area (Å²) in [5.41, 5.74) is 8.66. The normalized spacial score (nSPS) is 13.4. The molecule has 0 aliphatic heterocycles. The predicted molar refractivity (Wildman–Crippen MR) is 85.8 cm³/mol. The van der Waals surface area contributed by atoms with Gasteiger partial charge in [-0.2, -0.15) is 0 Å². The van der Waals surface area contributed by atoms with Crippen LogP contribution in [-0.2, 0) is 0 Å². The molecule has 1 unspecified atom stereocenters. The van der Waals surface area contributed by atoms with Gasteiger partial charge in [0.05, 0.1) is 17.2 Å². The molecule has 0 aromatic carbocycles. The third-order valence-corrected chi connectivity index (χ3v) is 2.81. The Morgan fingerprint density at radius 2 is 2.00 bits per heavy atom. The van der Waals surface area contributed by atoms with Gasteiger partial charge in [0.25, 0.3) is 0 Å². The van der Waals surface area contributed by atoms with Gasteiger partial charge in [-0.3, -0.25) is 4.99 Å². The van der Waals surface area contributed by atoms with Gasteiger partial charge >= 0.3 is 0 Å². The molecule has 0 aromatic rings. The quantitative estimate of drug-likeness (QED) is 0.511. The standard InChI is InChI=1S/C16H29N3/c1-7-9-10-15(17)19-14(6)16(12(3)4)18-11-13(5)8-2/h10-11,13,19H,6-9,17H2,1-5H3/b15-10+,18-11-. The van der Waals surface area contributed by atoms with Crippen molar-refractivity contribution in [2.45, 2.75) is 53.9 Å². The van der Waals surface area contributed by atoms with Gasteiger partial charge in [0.2, 0.25) is 0 Å². The molecule has 0 aliphatic rings. The molecule has 0 aromatic heterocycles. The number of rotatable bonds is 8. The lowest BCUT2D eigenvalue weighted by atomic mass is 10.1. The molecule has 108 valence electrons. The molecule has 0 saturated carbocycles. The van der Waals surface area contributed by atoms with Gasteiger partial charge in [-0.25, -0.2) is 0 Å². The zero-order valence-electron chi connectivity index (χ0n) is 13.1. The van der Waals surface area contributed by atoms with E-state index >= 15 is 0 Å². The van der Waals surface area contributed by atoms with Crippen LogP contribution < -0.4 is 11.1 Å². The molecule has 0 radical (unpaired) electrons. The van der Waals surface area contributed by atoms with Crippen molar-refractivity contribution >= 4 is 6.21 Å². The Hall–Kier alpha value is -1.51. The monoisotopic (exact) mass is 263 g/mol. The van der Waals surface area contributed by atoms with Crippen LogP contribution in [0.15, 0.2) is 40.4 Å². The first kappa shape index (κ1) is 17.5. The fourth-order valence-corrected chi connectivity index (χ4v) is 1.40. The van der Waals surface area contributed by atoms with Crippen molar-refractivity contribution in [3.63, 3.8) is 0 Å². The molecule has 3 nitrogen and oxygen atoms in total. The summed E-state index contributed by atoms with van der Waals surface area (Å²) in [5.74, 6) is 1.11. The Bertz CT molecular complexity index is 371. The SMILES string of the molecule is C=C(N/C(N)=C/CCC)C(/N=C\C(C)CC)=C(C)C. The maximum atomic E-state index is 5.90. The van der Waals surface area contributed by atoms with Gasteiger partial charge < -0.3 is 11.1 Å². The fraction of sp³-hybridized carbons (Fsp3) is 0.562. The van der Waals surface area contributed by atoms with Crippen molar-refractivity contribution in [1.29, 1.82) is 0 Å². The van der Waals surface area contributed by atoms with Crippen LogP contribution >= 0.6 is 0 Å². The summed E-state index contributed by atoms with van der Waals surface area (Å²) in [6.07, 6.45) is 7.08. The molecule has 3 heteroatoms. The van der Waals surface area contributed by atoms with Gasteiger partial charge in [-0.15, -0.1) is 0 Å². The first-order valence-electron chi connectivity index (χ1n) is 7.05. The number of aliphatic imine (C=N–C) groups is 1. The highest BCUT2D eigenvalue weighted by molar-refractivity contribution is 5.63. The second-order valence-corrected chi connectivity index (χ2v) is 5.06. The Labute approximate surface area is 118 Å². The van der Waals surface area contributed by atoms with E-state index in [9.17, 15) is 0 Å². The second kappa shape index (κ2) is 9.42. The lowest BCUT2D eigenvalue weighted by Gasteiger charge is -2.12. The number of nitrogens with two attached hydrogens (primary N) is 1. The third-order valence-electron chi connectivity index (χ3n) is 2.81. The summed E-state index contributed by atoms with van der Waals surface area (Å²) >= 11 is 0. The minimum Gasteiger partial charge on any atom is -0.386 e. The second-order valence-electron chi connectivity index (χ2n) is 5.06. The van der Waals surface area contributed by atoms with Crippen molar-refractivity contribution in [1.82, 2.24) is 5.32 Å². The topological polar surface area (TPSA) is 50.4 Å². The molecule has 0 saturated heterocycles. The van der Waals surface area contributed by atoms with Gasteiger partial charge in [-0.1, -0.05) is 33.8 Å². The molecule has 1 atom stereocenters. The Morgan fingerprint density at radius 1 is 1.37 bits per heavy atom. The van der Waals surface area contributed by atoms with E-state index in [1.165, 1.54) is 0 Å². The molecule has 0 amide bonds. The van der Waals surface area contributed by atoms with E-state index in [0.717, 1.165) is 36.2 Å². The number of hydrogen-bond donors (Lipinski definition) is 2. The van der Waals surface area contributed by atoms with Crippen LogP contribution in [0.2, 0.25) is 0 Å². The average Bonchev–Trinajstić information content (AvgIpc) is 2.35. The molecule has 0 aliphatic carbocycles. The molecule has 19 heavy (non-hydrogen) atoms. The van der Waals surface area contributed by atoms with E-state index in [2.05, 4.69) is 37.7 Å². The Balaban J connectivity index is 4.80. The van der Waals surface area contributed by atoms with Crippen molar-refractivity contribution in [2.75, 3.05) is 0 Å². The molecule has 0 heterocycles. The van der Waals surface area contributed by atoms with Gasteiger partial charge in [0.15, 0.2) is 0 Å². The van der Waals surface area contributed by atoms with E-state index in [-0.39, 0.29) is 0 Å². The van der Waals surface area contributed by atoms with Crippen molar-refractivity contribution in [2.24, 2.45) is 16.6 Å². The summed E-state index contributed by atoms with van der Waals surface area (Å²) in [6, 6.07) is 0. The summed E-state index contributed by atoms with van der Waals surface area (Å²) in [5, 5.41) is 3.11. The van der Waals surface area contributed by atoms with Gasteiger partial charge in [0, 0.05) is 6.21 Å². The first-order chi connectivity index (χ1) is 8.92. The first-order valence-corrected chi connectivity index (χ1v) is 7.05. The van der Waals surface area contributed by atoms with E-state index in [1.54, 1.807) is 0 Å². The van der Waals surface area contributed by atoms with Crippen LogP contribution in [0, 0.1) is 5.92 Å². The van der Waals surface area contributed by atoms with Crippen molar-refractivity contribution in [3.8, 4) is 0 Å². The highest BCUT2D eigenvalue weighted by Gasteiger charge is 2.04. The zero-order chi connectivity index (χ0) is 14.8. The van der Waals surface area contributed by atoms with Crippen LogP contribution in [0.25, 0.3) is 0 Å². The van der Waals surface area contributed by atoms with Crippen LogP contribution in [0.1, 0.15) is 53.9 Å².